The molecular formula is C17H22N4O4S. The van der Waals surface area contributed by atoms with Gasteiger partial charge in [-0.05, 0) is 19.1 Å². The van der Waals surface area contributed by atoms with Crippen molar-refractivity contribution in [2.75, 3.05) is 19.4 Å². The number of hydrogen-bond acceptors (Lipinski definition) is 6. The number of benzene rings is 1. The first-order valence-corrected chi connectivity index (χ1v) is 10.0. The van der Waals surface area contributed by atoms with Crippen LogP contribution in [0.2, 0.25) is 0 Å². The minimum absolute atomic E-state index is 0.00794. The molecule has 2 heterocycles. The normalized spacial score (nSPS) is 17.2. The lowest BCUT2D eigenvalue weighted by Crippen LogP contribution is -2.41. The average molecular weight is 378 g/mol. The fraction of sp³-hybridized carbons (Fsp3) is 0.471. The second kappa shape index (κ2) is 7.55. The number of carbonyl (C=O) groups is 1. The Morgan fingerprint density at radius 1 is 1.27 bits per heavy atom. The number of rotatable bonds is 6. The van der Waals surface area contributed by atoms with Crippen molar-refractivity contribution in [3.8, 4) is 0 Å². The Hall–Kier alpha value is -2.26. The Morgan fingerprint density at radius 2 is 2.00 bits per heavy atom. The fourth-order valence-corrected chi connectivity index (χ4v) is 4.41. The lowest BCUT2D eigenvalue weighted by Gasteiger charge is -2.32. The van der Waals surface area contributed by atoms with Crippen molar-refractivity contribution in [2.45, 2.75) is 37.4 Å². The molecule has 140 valence electrons. The van der Waals surface area contributed by atoms with Crippen LogP contribution in [0.4, 0.5) is 0 Å². The zero-order valence-corrected chi connectivity index (χ0v) is 15.6. The zero-order chi connectivity index (χ0) is 18.7. The minimum Gasteiger partial charge on any atom is -0.377 e. The van der Waals surface area contributed by atoms with Gasteiger partial charge in [0.05, 0.1) is 23.2 Å². The molecule has 9 heteroatoms. The van der Waals surface area contributed by atoms with Gasteiger partial charge in [-0.2, -0.15) is 0 Å². The summed E-state index contributed by atoms with van der Waals surface area (Å²) in [6.45, 7) is 3.16. The zero-order valence-electron chi connectivity index (χ0n) is 14.8. The number of fused-ring (bicyclic) bond motifs is 1. The van der Waals surface area contributed by atoms with E-state index >= 15 is 0 Å². The number of aromatic nitrogens is 3. The molecule has 0 radical (unpaired) electrons. The molecule has 1 aromatic heterocycles. The van der Waals surface area contributed by atoms with Crippen LogP contribution in [0.25, 0.3) is 0 Å². The first-order valence-electron chi connectivity index (χ1n) is 8.39. The van der Waals surface area contributed by atoms with E-state index in [1.165, 1.54) is 0 Å². The first kappa shape index (κ1) is 18.5. The monoisotopic (exact) mass is 378 g/mol. The van der Waals surface area contributed by atoms with E-state index in [0.717, 1.165) is 5.82 Å². The molecule has 1 aromatic carbocycles. The molecule has 1 amide bonds. The molecule has 1 aliphatic heterocycles. The van der Waals surface area contributed by atoms with Crippen LogP contribution in [-0.2, 0) is 32.5 Å². The Labute approximate surface area is 152 Å². The molecule has 26 heavy (non-hydrogen) atoms. The minimum atomic E-state index is -3.47. The lowest BCUT2D eigenvalue weighted by molar-refractivity contribution is -0.132. The third kappa shape index (κ3) is 3.78. The van der Waals surface area contributed by atoms with Crippen molar-refractivity contribution < 1.29 is 17.9 Å². The van der Waals surface area contributed by atoms with Gasteiger partial charge in [-0.15, -0.1) is 10.2 Å². The molecule has 0 aliphatic carbocycles. The van der Waals surface area contributed by atoms with Gasteiger partial charge in [0.25, 0.3) is 0 Å². The molecule has 0 spiro atoms. The maximum absolute atomic E-state index is 12.5. The second-order valence-corrected chi connectivity index (χ2v) is 8.45. The molecule has 0 N–H and O–H groups in total. The summed E-state index contributed by atoms with van der Waals surface area (Å²) in [4.78, 5) is 14.4. The molecule has 2 aromatic rings. The number of nitrogens with zero attached hydrogens (tertiary/aromatic N) is 4. The van der Waals surface area contributed by atoms with E-state index < -0.39 is 9.84 Å². The van der Waals surface area contributed by atoms with Crippen molar-refractivity contribution in [3.63, 3.8) is 0 Å². The maximum Gasteiger partial charge on any atom is 0.224 e. The molecule has 3 rings (SSSR count). The Balaban J connectivity index is 1.66. The van der Waals surface area contributed by atoms with Gasteiger partial charge in [-0.25, -0.2) is 8.42 Å². The van der Waals surface area contributed by atoms with Crippen molar-refractivity contribution >= 4 is 15.7 Å². The summed E-state index contributed by atoms with van der Waals surface area (Å²) < 4.78 is 31.8. The number of hydrogen-bond donors (Lipinski definition) is 0. The van der Waals surface area contributed by atoms with Gasteiger partial charge in [-0.1, -0.05) is 18.2 Å². The van der Waals surface area contributed by atoms with Crippen LogP contribution >= 0.6 is 0 Å². The summed E-state index contributed by atoms with van der Waals surface area (Å²) in [6, 6.07) is 8.20. The molecule has 1 atom stereocenters. The van der Waals surface area contributed by atoms with Gasteiger partial charge in [0.2, 0.25) is 5.91 Å². The Kier molecular flexibility index (Phi) is 5.38. The number of amides is 1. The van der Waals surface area contributed by atoms with Crippen molar-refractivity contribution in [3.05, 3.63) is 42.0 Å². The molecule has 1 aliphatic rings. The Morgan fingerprint density at radius 3 is 2.69 bits per heavy atom. The standard InChI is InChI=1S/C17H22N4O4S/c1-13-10-20(11-15-18-19-16(12-25-2)21(13)15)17(22)8-9-26(23,24)14-6-4-3-5-7-14/h3-7,13H,8-12H2,1-2H3/t13-/m0/s1. The van der Waals surface area contributed by atoms with Crippen LogP contribution < -0.4 is 0 Å². The lowest BCUT2D eigenvalue weighted by atomic mass is 10.2. The molecule has 0 fully saturated rings. The van der Waals surface area contributed by atoms with E-state index in [0.29, 0.717) is 25.5 Å². The smallest absolute Gasteiger partial charge is 0.224 e. The van der Waals surface area contributed by atoms with Crippen LogP contribution in [-0.4, -0.2) is 53.4 Å². The van der Waals surface area contributed by atoms with Crippen LogP contribution in [0.1, 0.15) is 31.0 Å². The first-order chi connectivity index (χ1) is 12.4. The van der Waals surface area contributed by atoms with Gasteiger partial charge < -0.3 is 14.2 Å². The predicted molar refractivity (Wildman–Crippen MR) is 94.0 cm³/mol. The summed E-state index contributed by atoms with van der Waals surface area (Å²) in [7, 11) is -1.87. The number of carbonyl (C=O) groups excluding carboxylic acids is 1. The second-order valence-electron chi connectivity index (χ2n) is 6.34. The third-order valence-corrected chi connectivity index (χ3v) is 6.14. The largest absolute Gasteiger partial charge is 0.377 e. The third-order valence-electron chi connectivity index (χ3n) is 4.41. The molecule has 0 saturated carbocycles. The van der Waals surface area contributed by atoms with Crippen LogP contribution in [0.3, 0.4) is 0 Å². The SMILES string of the molecule is COCc1nnc2n1[C@@H](C)CN(C(=O)CCS(=O)(=O)c1ccccc1)C2. The highest BCUT2D eigenvalue weighted by atomic mass is 32.2. The molecule has 8 nitrogen and oxygen atoms in total. The van der Waals surface area contributed by atoms with Gasteiger partial charge in [0, 0.05) is 20.1 Å². The predicted octanol–water partition coefficient (Wildman–Crippen LogP) is 1.19. The summed E-state index contributed by atoms with van der Waals surface area (Å²) in [5, 5.41) is 8.25. The van der Waals surface area contributed by atoms with Crippen molar-refractivity contribution in [1.82, 2.24) is 19.7 Å². The summed E-state index contributed by atoms with van der Waals surface area (Å²) in [5.74, 6) is 1.02. The highest BCUT2D eigenvalue weighted by molar-refractivity contribution is 7.91. The van der Waals surface area contributed by atoms with Gasteiger partial charge in [-0.3, -0.25) is 4.79 Å². The molecule has 0 saturated heterocycles. The van der Waals surface area contributed by atoms with E-state index in [4.69, 9.17) is 4.74 Å². The topological polar surface area (TPSA) is 94.4 Å². The summed E-state index contributed by atoms with van der Waals surface area (Å²) in [6.07, 6.45) is -0.0526. The number of methoxy groups -OCH3 is 1. The van der Waals surface area contributed by atoms with Crippen LogP contribution in [0.5, 0.6) is 0 Å². The highest BCUT2D eigenvalue weighted by Crippen LogP contribution is 2.22. The molecule has 0 bridgehead atoms. The quantitative estimate of drug-likeness (QED) is 0.749. The van der Waals surface area contributed by atoms with Gasteiger partial charge in [0.1, 0.15) is 6.61 Å². The molecule has 0 unspecified atom stereocenters. The highest BCUT2D eigenvalue weighted by Gasteiger charge is 2.29. The van der Waals surface area contributed by atoms with Crippen LogP contribution in [0.15, 0.2) is 35.2 Å². The average Bonchev–Trinajstić information content (AvgIpc) is 3.04. The van der Waals surface area contributed by atoms with Crippen molar-refractivity contribution in [2.24, 2.45) is 0 Å². The molecular weight excluding hydrogens is 356 g/mol. The van der Waals surface area contributed by atoms with E-state index in [1.54, 1.807) is 42.3 Å². The number of sulfone groups is 1. The van der Waals surface area contributed by atoms with Gasteiger partial charge in [0.15, 0.2) is 21.5 Å². The van der Waals surface area contributed by atoms with E-state index in [2.05, 4.69) is 10.2 Å². The van der Waals surface area contributed by atoms with E-state index in [1.807, 2.05) is 11.5 Å². The van der Waals surface area contributed by atoms with Crippen molar-refractivity contribution in [1.29, 1.82) is 0 Å². The Bertz CT molecular complexity index is 879. The summed E-state index contributed by atoms with van der Waals surface area (Å²) in [5.41, 5.74) is 0. The fourth-order valence-electron chi connectivity index (χ4n) is 3.16. The maximum atomic E-state index is 12.5. The van der Waals surface area contributed by atoms with Gasteiger partial charge >= 0.3 is 0 Å². The van der Waals surface area contributed by atoms with E-state index in [9.17, 15) is 13.2 Å². The van der Waals surface area contributed by atoms with Crippen LogP contribution in [0, 0.1) is 0 Å². The van der Waals surface area contributed by atoms with E-state index in [-0.39, 0.29) is 29.0 Å². The number of ether oxygens (including phenoxy) is 1. The summed E-state index contributed by atoms with van der Waals surface area (Å²) >= 11 is 0.